The monoisotopic (exact) mass is 212 g/mol. The number of nitrogens with one attached hydrogen (secondary N) is 2. The van der Waals surface area contributed by atoms with Crippen LogP contribution in [0.3, 0.4) is 0 Å². The highest BCUT2D eigenvalue weighted by Crippen LogP contribution is 2.18. The molecule has 15 heavy (non-hydrogen) atoms. The number of carbonyl (C=O) groups is 2. The molecular weight excluding hydrogens is 192 g/mol. The molecule has 1 fully saturated rings. The van der Waals surface area contributed by atoms with Gasteiger partial charge in [-0.2, -0.15) is 0 Å². The van der Waals surface area contributed by atoms with Gasteiger partial charge in [0.2, 0.25) is 0 Å². The summed E-state index contributed by atoms with van der Waals surface area (Å²) in [7, 11) is 0. The highest BCUT2D eigenvalue weighted by Gasteiger charge is 2.40. The lowest BCUT2D eigenvalue weighted by Crippen LogP contribution is -2.43. The molecule has 1 aliphatic heterocycles. The molecule has 0 aromatic rings. The normalized spacial score (nSPS) is 25.2. The van der Waals surface area contributed by atoms with Crippen molar-refractivity contribution in [2.75, 3.05) is 0 Å². The van der Waals surface area contributed by atoms with Crippen LogP contribution in [0.25, 0.3) is 0 Å². The van der Waals surface area contributed by atoms with Gasteiger partial charge in [0.1, 0.15) is 5.54 Å². The SMILES string of the molecule is CCCCCCC[C@]1(C)NC(=O)NC1=O. The quantitative estimate of drug-likeness (QED) is 0.522. The molecule has 3 amide bonds. The summed E-state index contributed by atoms with van der Waals surface area (Å²) in [6.45, 7) is 3.96. The molecular formula is C11H20N2O2. The number of hydrogen-bond acceptors (Lipinski definition) is 2. The molecule has 4 heteroatoms. The third kappa shape index (κ3) is 3.22. The lowest BCUT2D eigenvalue weighted by atomic mass is 9.94. The van der Waals surface area contributed by atoms with Crippen LogP contribution in [-0.4, -0.2) is 17.5 Å². The van der Waals surface area contributed by atoms with Gasteiger partial charge in [0.15, 0.2) is 0 Å². The van der Waals surface area contributed by atoms with E-state index in [2.05, 4.69) is 17.6 Å². The van der Waals surface area contributed by atoms with E-state index < -0.39 is 5.54 Å². The van der Waals surface area contributed by atoms with Crippen LogP contribution in [0.4, 0.5) is 4.79 Å². The van der Waals surface area contributed by atoms with Gasteiger partial charge >= 0.3 is 6.03 Å². The third-order valence-corrected chi connectivity index (χ3v) is 2.90. The van der Waals surface area contributed by atoms with E-state index in [4.69, 9.17) is 0 Å². The molecule has 1 rings (SSSR count). The van der Waals surface area contributed by atoms with Gasteiger partial charge in [-0.05, 0) is 13.3 Å². The molecule has 0 saturated carbocycles. The summed E-state index contributed by atoms with van der Waals surface area (Å²) in [6, 6.07) is -0.365. The Morgan fingerprint density at radius 2 is 1.80 bits per heavy atom. The summed E-state index contributed by atoms with van der Waals surface area (Å²) < 4.78 is 0. The predicted molar refractivity (Wildman–Crippen MR) is 58.5 cm³/mol. The molecule has 0 spiro atoms. The van der Waals surface area contributed by atoms with E-state index in [1.165, 1.54) is 19.3 Å². The van der Waals surface area contributed by atoms with Crippen molar-refractivity contribution in [1.82, 2.24) is 10.6 Å². The molecule has 0 radical (unpaired) electrons. The maximum atomic E-state index is 11.4. The van der Waals surface area contributed by atoms with E-state index in [0.717, 1.165) is 19.3 Å². The zero-order valence-corrected chi connectivity index (χ0v) is 9.56. The van der Waals surface area contributed by atoms with Crippen molar-refractivity contribution in [3.8, 4) is 0 Å². The summed E-state index contributed by atoms with van der Waals surface area (Å²) in [4.78, 5) is 22.4. The molecule has 86 valence electrons. The van der Waals surface area contributed by atoms with Crippen molar-refractivity contribution in [3.63, 3.8) is 0 Å². The minimum atomic E-state index is -0.677. The summed E-state index contributed by atoms with van der Waals surface area (Å²) in [6.07, 6.45) is 6.52. The molecule has 4 nitrogen and oxygen atoms in total. The molecule has 0 unspecified atom stereocenters. The number of hydrogen-bond donors (Lipinski definition) is 2. The van der Waals surface area contributed by atoms with Crippen molar-refractivity contribution in [2.45, 2.75) is 57.9 Å². The first-order valence-electron chi connectivity index (χ1n) is 5.72. The highest BCUT2D eigenvalue weighted by atomic mass is 16.2. The Kier molecular flexibility index (Phi) is 4.12. The second-order valence-corrected chi connectivity index (χ2v) is 4.40. The first-order valence-corrected chi connectivity index (χ1v) is 5.72. The van der Waals surface area contributed by atoms with E-state index in [-0.39, 0.29) is 11.9 Å². The van der Waals surface area contributed by atoms with Gasteiger partial charge in [-0.25, -0.2) is 4.79 Å². The van der Waals surface area contributed by atoms with Crippen LogP contribution in [0.5, 0.6) is 0 Å². The molecule has 1 atom stereocenters. The summed E-state index contributed by atoms with van der Waals surface area (Å²) in [5.41, 5.74) is -0.677. The number of urea groups is 1. The van der Waals surface area contributed by atoms with Crippen LogP contribution in [0.15, 0.2) is 0 Å². The average Bonchev–Trinajstić information content (AvgIpc) is 2.41. The maximum Gasteiger partial charge on any atom is 0.322 e. The largest absolute Gasteiger partial charge is 0.324 e. The Balaban J connectivity index is 2.25. The lowest BCUT2D eigenvalue weighted by Gasteiger charge is -2.19. The van der Waals surface area contributed by atoms with Crippen LogP contribution in [-0.2, 0) is 4.79 Å². The van der Waals surface area contributed by atoms with Gasteiger partial charge in [0, 0.05) is 0 Å². The highest BCUT2D eigenvalue weighted by molar-refractivity contribution is 6.06. The Morgan fingerprint density at radius 3 is 2.33 bits per heavy atom. The molecule has 1 heterocycles. The topological polar surface area (TPSA) is 58.2 Å². The molecule has 2 N–H and O–H groups in total. The number of amides is 3. The second kappa shape index (κ2) is 5.14. The Hall–Kier alpha value is -1.06. The Labute approximate surface area is 90.8 Å². The van der Waals surface area contributed by atoms with Crippen LogP contribution in [0.2, 0.25) is 0 Å². The lowest BCUT2D eigenvalue weighted by molar-refractivity contribution is -0.123. The van der Waals surface area contributed by atoms with Gasteiger partial charge in [0.05, 0.1) is 0 Å². The number of carbonyl (C=O) groups excluding carboxylic acids is 2. The van der Waals surface area contributed by atoms with E-state index in [1.807, 2.05) is 0 Å². The Morgan fingerprint density at radius 1 is 1.13 bits per heavy atom. The summed E-state index contributed by atoms with van der Waals surface area (Å²) in [5.74, 6) is -0.192. The fourth-order valence-corrected chi connectivity index (χ4v) is 1.84. The van der Waals surface area contributed by atoms with E-state index in [9.17, 15) is 9.59 Å². The molecule has 0 aromatic heterocycles. The van der Waals surface area contributed by atoms with E-state index in [0.29, 0.717) is 0 Å². The van der Waals surface area contributed by atoms with Crippen LogP contribution >= 0.6 is 0 Å². The minimum Gasteiger partial charge on any atom is -0.324 e. The van der Waals surface area contributed by atoms with Crippen molar-refractivity contribution in [1.29, 1.82) is 0 Å². The van der Waals surface area contributed by atoms with Gasteiger partial charge in [-0.3, -0.25) is 10.1 Å². The van der Waals surface area contributed by atoms with Crippen molar-refractivity contribution in [3.05, 3.63) is 0 Å². The van der Waals surface area contributed by atoms with Crippen LogP contribution in [0, 0.1) is 0 Å². The fraction of sp³-hybridized carbons (Fsp3) is 0.818. The summed E-state index contributed by atoms with van der Waals surface area (Å²) in [5, 5.41) is 4.94. The molecule has 1 aliphatic rings. The van der Waals surface area contributed by atoms with Gasteiger partial charge < -0.3 is 5.32 Å². The zero-order valence-electron chi connectivity index (χ0n) is 9.56. The first-order chi connectivity index (χ1) is 7.08. The van der Waals surface area contributed by atoms with Crippen LogP contribution in [0.1, 0.15) is 52.4 Å². The predicted octanol–water partition coefficient (Wildman–Crippen LogP) is 1.94. The third-order valence-electron chi connectivity index (χ3n) is 2.90. The van der Waals surface area contributed by atoms with Crippen molar-refractivity contribution < 1.29 is 9.59 Å². The minimum absolute atomic E-state index is 0.192. The first kappa shape index (κ1) is 12.0. The van der Waals surface area contributed by atoms with Crippen molar-refractivity contribution >= 4 is 11.9 Å². The number of unbranched alkanes of at least 4 members (excludes halogenated alkanes) is 4. The van der Waals surface area contributed by atoms with Crippen LogP contribution < -0.4 is 10.6 Å². The molecule has 0 bridgehead atoms. The smallest absolute Gasteiger partial charge is 0.322 e. The number of imide groups is 1. The molecule has 0 aromatic carbocycles. The maximum absolute atomic E-state index is 11.4. The van der Waals surface area contributed by atoms with Gasteiger partial charge in [-0.15, -0.1) is 0 Å². The molecule has 1 saturated heterocycles. The van der Waals surface area contributed by atoms with Gasteiger partial charge in [-0.1, -0.05) is 39.0 Å². The summed E-state index contributed by atoms with van der Waals surface area (Å²) >= 11 is 0. The Bertz CT molecular complexity index is 253. The standard InChI is InChI=1S/C11H20N2O2/c1-3-4-5-6-7-8-11(2)9(14)12-10(15)13-11/h3-8H2,1-2H3,(H2,12,13,14,15)/t11-/m0/s1. The average molecular weight is 212 g/mol. The van der Waals surface area contributed by atoms with E-state index >= 15 is 0 Å². The molecule has 0 aliphatic carbocycles. The van der Waals surface area contributed by atoms with E-state index in [1.54, 1.807) is 6.92 Å². The van der Waals surface area contributed by atoms with Gasteiger partial charge in [0.25, 0.3) is 5.91 Å². The second-order valence-electron chi connectivity index (χ2n) is 4.40. The fourth-order valence-electron chi connectivity index (χ4n) is 1.84. The van der Waals surface area contributed by atoms with Crippen molar-refractivity contribution in [2.24, 2.45) is 0 Å². The number of rotatable bonds is 6. The zero-order chi connectivity index (χ0) is 11.3.